The normalized spacial score (nSPS) is 12.6. The average Bonchev–Trinajstić information content (AvgIpc) is 2.93. The van der Waals surface area contributed by atoms with Crippen LogP contribution >= 0.6 is 11.3 Å². The van der Waals surface area contributed by atoms with Crippen LogP contribution in [-0.4, -0.2) is 16.0 Å². The van der Waals surface area contributed by atoms with Gasteiger partial charge < -0.3 is 5.32 Å². The van der Waals surface area contributed by atoms with Crippen LogP contribution in [-0.2, 0) is 0 Å². The van der Waals surface area contributed by atoms with E-state index in [9.17, 15) is 0 Å². The number of hydrogen-bond acceptors (Lipinski definition) is 6. The van der Waals surface area contributed by atoms with Crippen molar-refractivity contribution in [2.24, 2.45) is 5.84 Å². The zero-order valence-corrected chi connectivity index (χ0v) is 13.0. The van der Waals surface area contributed by atoms with E-state index in [0.29, 0.717) is 12.0 Å². The van der Waals surface area contributed by atoms with Gasteiger partial charge in [0.15, 0.2) is 0 Å². The quantitative estimate of drug-likeness (QED) is 0.510. The number of nitrogen functional groups attached to an aromatic ring is 1. The van der Waals surface area contributed by atoms with Crippen molar-refractivity contribution in [2.45, 2.75) is 52.0 Å². The van der Waals surface area contributed by atoms with E-state index in [4.69, 9.17) is 5.84 Å². The molecule has 6 heteroatoms. The van der Waals surface area contributed by atoms with Crippen molar-refractivity contribution in [3.8, 4) is 0 Å². The first kappa shape index (κ1) is 15.0. The van der Waals surface area contributed by atoms with Gasteiger partial charge in [0.05, 0.1) is 5.39 Å². The van der Waals surface area contributed by atoms with E-state index in [1.54, 1.807) is 11.3 Å². The summed E-state index contributed by atoms with van der Waals surface area (Å²) in [6, 6.07) is 2.52. The van der Waals surface area contributed by atoms with Crippen molar-refractivity contribution in [1.29, 1.82) is 0 Å². The standard InChI is InChI=1S/C14H23N5S/c1-3-5-7-10(6-4-2)16-12-11-8-9-20-13(11)18-14(17-12)19-15/h8-10H,3-7,15H2,1-2H3,(H2,16,17,18,19). The Bertz CT molecular complexity index is 539. The van der Waals surface area contributed by atoms with Gasteiger partial charge in [-0.15, -0.1) is 11.3 Å². The lowest BCUT2D eigenvalue weighted by atomic mass is 10.1. The predicted molar refractivity (Wildman–Crippen MR) is 87.1 cm³/mol. The van der Waals surface area contributed by atoms with Gasteiger partial charge in [-0.3, -0.25) is 5.43 Å². The SMILES string of the molecule is CCCCC(CCC)Nc1nc(NN)nc2sccc12. The Hall–Kier alpha value is -1.40. The molecule has 0 saturated heterocycles. The van der Waals surface area contributed by atoms with E-state index >= 15 is 0 Å². The Kier molecular flexibility index (Phi) is 5.55. The summed E-state index contributed by atoms with van der Waals surface area (Å²) < 4.78 is 0. The van der Waals surface area contributed by atoms with Crippen molar-refractivity contribution in [3.05, 3.63) is 11.4 Å². The number of hydrogen-bond donors (Lipinski definition) is 3. The molecular weight excluding hydrogens is 270 g/mol. The lowest BCUT2D eigenvalue weighted by molar-refractivity contribution is 0.563. The third kappa shape index (κ3) is 3.58. The number of unbranched alkanes of at least 4 members (excludes halogenated alkanes) is 1. The van der Waals surface area contributed by atoms with Crippen LogP contribution in [0, 0.1) is 0 Å². The minimum atomic E-state index is 0.462. The number of aromatic nitrogens is 2. The van der Waals surface area contributed by atoms with Gasteiger partial charge in [-0.05, 0) is 24.3 Å². The highest BCUT2D eigenvalue weighted by Crippen LogP contribution is 2.27. The van der Waals surface area contributed by atoms with Crippen LogP contribution in [0.1, 0.15) is 46.0 Å². The van der Waals surface area contributed by atoms with Crippen LogP contribution in [0.3, 0.4) is 0 Å². The van der Waals surface area contributed by atoms with Crippen LogP contribution in [0.5, 0.6) is 0 Å². The average molecular weight is 293 g/mol. The largest absolute Gasteiger partial charge is 0.367 e. The van der Waals surface area contributed by atoms with E-state index in [1.807, 2.05) is 5.38 Å². The highest BCUT2D eigenvalue weighted by molar-refractivity contribution is 7.16. The van der Waals surface area contributed by atoms with Crippen molar-refractivity contribution in [1.82, 2.24) is 9.97 Å². The number of rotatable bonds is 8. The molecule has 0 aliphatic heterocycles. The van der Waals surface area contributed by atoms with E-state index in [2.05, 4.69) is 40.6 Å². The number of thiophene rings is 1. The molecule has 0 aliphatic rings. The van der Waals surface area contributed by atoms with Crippen molar-refractivity contribution in [2.75, 3.05) is 10.7 Å². The first-order chi connectivity index (χ1) is 9.78. The number of nitrogens with one attached hydrogen (secondary N) is 2. The molecule has 5 nitrogen and oxygen atoms in total. The molecule has 4 N–H and O–H groups in total. The van der Waals surface area contributed by atoms with Gasteiger partial charge in [0.2, 0.25) is 5.95 Å². The summed E-state index contributed by atoms with van der Waals surface area (Å²) in [7, 11) is 0. The summed E-state index contributed by atoms with van der Waals surface area (Å²) >= 11 is 1.60. The molecule has 0 aliphatic carbocycles. The maximum atomic E-state index is 5.45. The predicted octanol–water partition coefficient (Wildman–Crippen LogP) is 3.75. The molecular formula is C14H23N5S. The maximum Gasteiger partial charge on any atom is 0.240 e. The molecule has 2 aromatic rings. The van der Waals surface area contributed by atoms with E-state index < -0.39 is 0 Å². The molecule has 0 amide bonds. The second-order valence-corrected chi connectivity index (χ2v) is 5.85. The number of fused-ring (bicyclic) bond motifs is 1. The Morgan fingerprint density at radius 1 is 1.25 bits per heavy atom. The third-order valence-electron chi connectivity index (χ3n) is 3.34. The zero-order valence-electron chi connectivity index (χ0n) is 12.1. The summed E-state index contributed by atoms with van der Waals surface area (Å²) in [6.45, 7) is 4.44. The van der Waals surface area contributed by atoms with Crippen molar-refractivity contribution < 1.29 is 0 Å². The molecule has 1 atom stereocenters. The minimum Gasteiger partial charge on any atom is -0.367 e. The molecule has 110 valence electrons. The van der Waals surface area contributed by atoms with Gasteiger partial charge in [-0.1, -0.05) is 33.1 Å². The lowest BCUT2D eigenvalue weighted by Crippen LogP contribution is -2.21. The van der Waals surface area contributed by atoms with Crippen LogP contribution in [0.2, 0.25) is 0 Å². The van der Waals surface area contributed by atoms with Gasteiger partial charge in [-0.25, -0.2) is 10.8 Å². The summed E-state index contributed by atoms with van der Waals surface area (Å²) in [4.78, 5) is 9.79. The van der Waals surface area contributed by atoms with Gasteiger partial charge in [0, 0.05) is 6.04 Å². The van der Waals surface area contributed by atoms with E-state index in [-0.39, 0.29) is 0 Å². The van der Waals surface area contributed by atoms with Gasteiger partial charge >= 0.3 is 0 Å². The van der Waals surface area contributed by atoms with Crippen LogP contribution in [0.15, 0.2) is 11.4 Å². The number of nitrogens with zero attached hydrogens (tertiary/aromatic N) is 2. The second-order valence-electron chi connectivity index (χ2n) is 4.95. The van der Waals surface area contributed by atoms with Gasteiger partial charge in [-0.2, -0.15) is 4.98 Å². The minimum absolute atomic E-state index is 0.462. The Morgan fingerprint density at radius 3 is 2.80 bits per heavy atom. The van der Waals surface area contributed by atoms with Crippen molar-refractivity contribution >= 4 is 33.3 Å². The first-order valence-corrected chi connectivity index (χ1v) is 8.14. The summed E-state index contributed by atoms with van der Waals surface area (Å²) in [5.41, 5.74) is 2.54. The lowest BCUT2D eigenvalue weighted by Gasteiger charge is -2.19. The summed E-state index contributed by atoms with van der Waals surface area (Å²) in [5, 5.41) is 6.69. The number of anilines is 2. The molecule has 0 aromatic carbocycles. The second kappa shape index (κ2) is 7.40. The Labute approximate surface area is 124 Å². The fourth-order valence-corrected chi connectivity index (χ4v) is 3.07. The molecule has 0 radical (unpaired) electrons. The van der Waals surface area contributed by atoms with E-state index in [0.717, 1.165) is 22.5 Å². The smallest absolute Gasteiger partial charge is 0.240 e. The van der Waals surface area contributed by atoms with Gasteiger partial charge in [0.1, 0.15) is 10.6 Å². The topological polar surface area (TPSA) is 75.9 Å². The first-order valence-electron chi connectivity index (χ1n) is 7.26. The molecule has 20 heavy (non-hydrogen) atoms. The molecule has 0 saturated carbocycles. The highest BCUT2D eigenvalue weighted by Gasteiger charge is 2.13. The molecule has 2 rings (SSSR count). The molecule has 0 spiro atoms. The van der Waals surface area contributed by atoms with Crippen LogP contribution in [0.25, 0.3) is 10.2 Å². The van der Waals surface area contributed by atoms with Crippen LogP contribution in [0.4, 0.5) is 11.8 Å². The molecule has 1 unspecified atom stereocenters. The molecule has 2 aromatic heterocycles. The number of hydrazine groups is 1. The van der Waals surface area contributed by atoms with Crippen molar-refractivity contribution in [3.63, 3.8) is 0 Å². The monoisotopic (exact) mass is 293 g/mol. The fourth-order valence-electron chi connectivity index (χ4n) is 2.31. The Balaban J connectivity index is 2.23. The number of nitrogens with two attached hydrogens (primary N) is 1. The van der Waals surface area contributed by atoms with Gasteiger partial charge in [0.25, 0.3) is 0 Å². The summed E-state index contributed by atoms with van der Waals surface area (Å²) in [6.07, 6.45) is 5.94. The Morgan fingerprint density at radius 2 is 2.10 bits per heavy atom. The van der Waals surface area contributed by atoms with Crippen LogP contribution < -0.4 is 16.6 Å². The van der Waals surface area contributed by atoms with E-state index in [1.165, 1.54) is 25.7 Å². The maximum absolute atomic E-state index is 5.45. The molecule has 0 fully saturated rings. The third-order valence-corrected chi connectivity index (χ3v) is 4.14. The fraction of sp³-hybridized carbons (Fsp3) is 0.571. The zero-order chi connectivity index (χ0) is 14.4. The molecule has 0 bridgehead atoms. The summed E-state index contributed by atoms with van der Waals surface area (Å²) in [5.74, 6) is 6.80. The molecule has 2 heterocycles. The highest BCUT2D eigenvalue weighted by atomic mass is 32.1.